The van der Waals surface area contributed by atoms with E-state index < -0.39 is 0 Å². The highest BCUT2D eigenvalue weighted by Gasteiger charge is 2.35. The van der Waals surface area contributed by atoms with Crippen LogP contribution in [0.1, 0.15) is 24.8 Å². The molecule has 0 spiro atoms. The Morgan fingerprint density at radius 3 is 2.54 bits per heavy atom. The minimum absolute atomic E-state index is 0.213. The number of halogens is 1. The van der Waals surface area contributed by atoms with E-state index in [9.17, 15) is 0 Å². The molecule has 0 saturated heterocycles. The van der Waals surface area contributed by atoms with Gasteiger partial charge in [0.1, 0.15) is 0 Å². The quantitative estimate of drug-likeness (QED) is 0.677. The first kappa shape index (κ1) is 8.85. The Morgan fingerprint density at radius 2 is 2.00 bits per heavy atom. The predicted molar refractivity (Wildman–Crippen MR) is 55.6 cm³/mol. The fourth-order valence-corrected chi connectivity index (χ4v) is 1.96. The van der Waals surface area contributed by atoms with E-state index in [4.69, 9.17) is 23.1 Å². The lowest BCUT2D eigenvalue weighted by molar-refractivity contribution is 0.255. The molecule has 1 saturated carbocycles. The molecule has 13 heavy (non-hydrogen) atoms. The molecule has 0 bridgehead atoms. The molecule has 1 aromatic rings. The van der Waals surface area contributed by atoms with E-state index in [1.54, 1.807) is 6.07 Å². The molecule has 1 fully saturated rings. The molecule has 4 N–H and O–H groups in total. The number of hydrogen-bond donors (Lipinski definition) is 2. The maximum Gasteiger partial charge on any atom is 0.0430 e. The highest BCUT2D eigenvalue weighted by atomic mass is 35.5. The monoisotopic (exact) mass is 196 g/mol. The van der Waals surface area contributed by atoms with Crippen molar-refractivity contribution in [1.82, 2.24) is 0 Å². The average molecular weight is 197 g/mol. The van der Waals surface area contributed by atoms with E-state index >= 15 is 0 Å². The highest BCUT2D eigenvalue weighted by molar-refractivity contribution is 6.30. The van der Waals surface area contributed by atoms with Crippen molar-refractivity contribution in [3.63, 3.8) is 0 Å². The summed E-state index contributed by atoms with van der Waals surface area (Å²) in [5, 5.41) is 0.709. The van der Waals surface area contributed by atoms with Crippen LogP contribution in [0.4, 0.5) is 5.69 Å². The van der Waals surface area contributed by atoms with Crippen molar-refractivity contribution >= 4 is 17.3 Å². The predicted octanol–water partition coefficient (Wildman–Crippen LogP) is 2.26. The Labute approximate surface area is 82.9 Å². The summed E-state index contributed by atoms with van der Waals surface area (Å²) in [7, 11) is 0. The van der Waals surface area contributed by atoms with Crippen LogP contribution >= 0.6 is 11.6 Å². The van der Waals surface area contributed by atoms with Gasteiger partial charge < -0.3 is 11.5 Å². The molecule has 3 heteroatoms. The zero-order valence-corrected chi connectivity index (χ0v) is 8.14. The molecule has 0 amide bonds. The van der Waals surface area contributed by atoms with Crippen LogP contribution in [0.3, 0.4) is 0 Å². The summed E-state index contributed by atoms with van der Waals surface area (Å²) in [6.45, 7) is 0. The van der Waals surface area contributed by atoms with Gasteiger partial charge in [0, 0.05) is 16.2 Å². The van der Waals surface area contributed by atoms with Crippen molar-refractivity contribution < 1.29 is 0 Å². The Hall–Kier alpha value is -0.730. The first-order valence-corrected chi connectivity index (χ1v) is 4.84. The van der Waals surface area contributed by atoms with Crippen LogP contribution in [-0.4, -0.2) is 0 Å². The Morgan fingerprint density at radius 1 is 1.31 bits per heavy atom. The lowest BCUT2D eigenvalue weighted by Gasteiger charge is -2.39. The van der Waals surface area contributed by atoms with Crippen molar-refractivity contribution in [1.29, 1.82) is 0 Å². The SMILES string of the molecule is Nc1ccc(Cl)cc1C1(N)CCC1. The molecule has 70 valence electrons. The number of nitrogen functional groups attached to an aromatic ring is 1. The van der Waals surface area contributed by atoms with E-state index in [-0.39, 0.29) is 5.54 Å². The van der Waals surface area contributed by atoms with Crippen LogP contribution in [0.15, 0.2) is 18.2 Å². The summed E-state index contributed by atoms with van der Waals surface area (Å²) in [5.74, 6) is 0. The van der Waals surface area contributed by atoms with E-state index in [2.05, 4.69) is 0 Å². The third-order valence-electron chi connectivity index (χ3n) is 2.80. The van der Waals surface area contributed by atoms with Crippen molar-refractivity contribution in [2.24, 2.45) is 5.73 Å². The number of anilines is 1. The Kier molecular flexibility index (Phi) is 1.97. The Bertz CT molecular complexity index is 332. The van der Waals surface area contributed by atoms with E-state index in [1.807, 2.05) is 12.1 Å². The number of rotatable bonds is 1. The van der Waals surface area contributed by atoms with Gasteiger partial charge in [-0.25, -0.2) is 0 Å². The van der Waals surface area contributed by atoms with Crippen molar-refractivity contribution in [3.8, 4) is 0 Å². The molecule has 0 atom stereocenters. The van der Waals surface area contributed by atoms with Crippen LogP contribution in [0.5, 0.6) is 0 Å². The summed E-state index contributed by atoms with van der Waals surface area (Å²) in [4.78, 5) is 0. The molecule has 0 unspecified atom stereocenters. The van der Waals surface area contributed by atoms with Crippen LogP contribution in [0.25, 0.3) is 0 Å². The molecular formula is C10H13ClN2. The zero-order chi connectivity index (χ0) is 9.47. The smallest absolute Gasteiger partial charge is 0.0430 e. The van der Waals surface area contributed by atoms with Crippen molar-refractivity contribution in [2.75, 3.05) is 5.73 Å². The summed E-state index contributed by atoms with van der Waals surface area (Å²) in [6.07, 6.45) is 3.21. The first-order chi connectivity index (χ1) is 6.12. The van der Waals surface area contributed by atoms with E-state index in [0.29, 0.717) is 5.02 Å². The third kappa shape index (κ3) is 1.40. The summed E-state index contributed by atoms with van der Waals surface area (Å²) in [5.41, 5.74) is 13.6. The van der Waals surface area contributed by atoms with Gasteiger partial charge in [0.15, 0.2) is 0 Å². The molecule has 1 aliphatic carbocycles. The summed E-state index contributed by atoms with van der Waals surface area (Å²) in [6, 6.07) is 5.50. The maximum atomic E-state index is 6.16. The zero-order valence-electron chi connectivity index (χ0n) is 7.39. The van der Waals surface area contributed by atoms with Gasteiger partial charge in [0.05, 0.1) is 0 Å². The average Bonchev–Trinajstić information content (AvgIpc) is 2.05. The molecule has 2 rings (SSSR count). The van der Waals surface area contributed by atoms with Gasteiger partial charge in [-0.05, 0) is 43.0 Å². The number of hydrogen-bond acceptors (Lipinski definition) is 2. The topological polar surface area (TPSA) is 52.0 Å². The fraction of sp³-hybridized carbons (Fsp3) is 0.400. The van der Waals surface area contributed by atoms with Gasteiger partial charge in [-0.1, -0.05) is 11.6 Å². The molecule has 0 radical (unpaired) electrons. The van der Waals surface area contributed by atoms with Gasteiger partial charge in [0.25, 0.3) is 0 Å². The lowest BCUT2D eigenvalue weighted by atomic mass is 9.72. The molecule has 0 heterocycles. The minimum Gasteiger partial charge on any atom is -0.398 e. The molecular weight excluding hydrogens is 184 g/mol. The van der Waals surface area contributed by atoms with Gasteiger partial charge in [-0.2, -0.15) is 0 Å². The van der Waals surface area contributed by atoms with Crippen LogP contribution in [0.2, 0.25) is 5.02 Å². The molecule has 1 aliphatic rings. The lowest BCUT2D eigenvalue weighted by Crippen LogP contribution is -2.43. The Balaban J connectivity index is 2.43. The second-order valence-electron chi connectivity index (χ2n) is 3.74. The van der Waals surface area contributed by atoms with Gasteiger partial charge >= 0.3 is 0 Å². The number of benzene rings is 1. The molecule has 1 aromatic carbocycles. The second-order valence-corrected chi connectivity index (χ2v) is 4.18. The molecule has 2 nitrogen and oxygen atoms in total. The standard InChI is InChI=1S/C10H13ClN2/c11-7-2-3-9(12)8(6-7)10(13)4-1-5-10/h2-3,6H,1,4-5,12-13H2. The maximum absolute atomic E-state index is 6.16. The van der Waals surface area contributed by atoms with Gasteiger partial charge in [0.2, 0.25) is 0 Å². The molecule has 0 aliphatic heterocycles. The van der Waals surface area contributed by atoms with Gasteiger partial charge in [-0.3, -0.25) is 0 Å². The largest absolute Gasteiger partial charge is 0.398 e. The highest BCUT2D eigenvalue weighted by Crippen LogP contribution is 2.41. The summed E-state index contributed by atoms with van der Waals surface area (Å²) < 4.78 is 0. The van der Waals surface area contributed by atoms with Crippen LogP contribution in [0, 0.1) is 0 Å². The summed E-state index contributed by atoms with van der Waals surface area (Å²) >= 11 is 5.89. The van der Waals surface area contributed by atoms with E-state index in [0.717, 1.165) is 24.1 Å². The number of nitrogens with two attached hydrogens (primary N) is 2. The normalized spacial score (nSPS) is 19.5. The van der Waals surface area contributed by atoms with Crippen molar-refractivity contribution in [3.05, 3.63) is 28.8 Å². The van der Waals surface area contributed by atoms with Crippen LogP contribution in [-0.2, 0) is 5.54 Å². The van der Waals surface area contributed by atoms with Crippen molar-refractivity contribution in [2.45, 2.75) is 24.8 Å². The molecule has 0 aromatic heterocycles. The van der Waals surface area contributed by atoms with Gasteiger partial charge in [-0.15, -0.1) is 0 Å². The van der Waals surface area contributed by atoms with E-state index in [1.165, 1.54) is 6.42 Å². The third-order valence-corrected chi connectivity index (χ3v) is 3.03. The van der Waals surface area contributed by atoms with Crippen LogP contribution < -0.4 is 11.5 Å². The first-order valence-electron chi connectivity index (χ1n) is 4.46. The minimum atomic E-state index is -0.213. The second kappa shape index (κ2) is 2.89. The fourth-order valence-electron chi connectivity index (χ4n) is 1.79.